The zero-order valence-corrected chi connectivity index (χ0v) is 29.8. The third kappa shape index (κ3) is 5.12. The van der Waals surface area contributed by atoms with Crippen molar-refractivity contribution >= 4 is 55.9 Å². The van der Waals surface area contributed by atoms with Crippen LogP contribution in [-0.2, 0) is 29.7 Å². The predicted octanol–water partition coefficient (Wildman–Crippen LogP) is 6.49. The van der Waals surface area contributed by atoms with Crippen molar-refractivity contribution in [3.05, 3.63) is 130 Å². The molecule has 4 unspecified atom stereocenters. The number of rotatable bonds is 9. The van der Waals surface area contributed by atoms with Crippen molar-refractivity contribution in [1.29, 1.82) is 11.0 Å². The highest BCUT2D eigenvalue weighted by Gasteiger charge is 2.58. The minimum atomic E-state index is -5.02. The monoisotopic (exact) mass is 748 g/mol. The van der Waals surface area contributed by atoms with Crippen molar-refractivity contribution in [3.63, 3.8) is 0 Å². The Kier molecular flexibility index (Phi) is 8.59. The van der Waals surface area contributed by atoms with E-state index in [0.717, 1.165) is 0 Å². The maximum atomic E-state index is 13.6. The van der Waals surface area contributed by atoms with E-state index in [0.29, 0.717) is 32.0 Å². The molecule has 6 rings (SSSR count). The Hall–Kier alpha value is -4.00. The second kappa shape index (κ2) is 13.0. The summed E-state index contributed by atoms with van der Waals surface area (Å²) in [6.07, 6.45) is 6.55. The van der Waals surface area contributed by atoms with Gasteiger partial charge in [0.15, 0.2) is 9.49 Å². The van der Waals surface area contributed by atoms with E-state index in [2.05, 4.69) is 21.3 Å². The first-order valence-corrected chi connectivity index (χ1v) is 20.2. The van der Waals surface area contributed by atoms with Crippen molar-refractivity contribution in [2.24, 2.45) is 21.7 Å². The molecule has 0 fully saturated rings. The summed E-state index contributed by atoms with van der Waals surface area (Å²) in [7, 11) is -10.0. The largest absolute Gasteiger partial charge is 0.321 e. The van der Waals surface area contributed by atoms with Crippen molar-refractivity contribution in [1.82, 2.24) is 0 Å². The van der Waals surface area contributed by atoms with Crippen LogP contribution in [0, 0.1) is 11.0 Å². The molecule has 2 aliphatic carbocycles. The van der Waals surface area contributed by atoms with E-state index < -0.39 is 41.8 Å². The standard InChI is InChI=1S/C34H32N6O6S4/c1-47-29-17-19(11-13-25(29)33(49(41,42)43)23-9-5-3-7-21(23)15-27(39-37)31(33)35)20-12-14-26(30(18-20)48-2)34(50(44,45)46)24-10-6-4-8-22(24)16-28(40-38)32(34)36/h3-18,31-32,37-38H,35-36H2,1-2H3,(H,41,42,43)(H,44,45,46)/b39-37+,40-38+. The fourth-order valence-electron chi connectivity index (χ4n) is 7.21. The van der Waals surface area contributed by atoms with Crippen LogP contribution in [0.1, 0.15) is 33.4 Å². The Balaban J connectivity index is 1.57. The molecule has 4 atom stereocenters. The smallest absolute Gasteiger partial charge is 0.281 e. The Labute approximate surface area is 300 Å². The summed E-state index contributed by atoms with van der Waals surface area (Å²) >= 11 is 2.45. The van der Waals surface area contributed by atoms with Gasteiger partial charge in [-0.3, -0.25) is 9.11 Å². The van der Waals surface area contributed by atoms with Crippen molar-refractivity contribution in [2.75, 3.05) is 12.5 Å². The fourth-order valence-corrected chi connectivity index (χ4v) is 11.5. The van der Waals surface area contributed by atoms with Gasteiger partial charge in [0.2, 0.25) is 2.82 Å². The molecule has 0 heterocycles. The molecule has 8 N–H and O–H groups in total. The van der Waals surface area contributed by atoms with E-state index >= 15 is 0 Å². The Morgan fingerprint density at radius 2 is 1.04 bits per heavy atom. The summed E-state index contributed by atoms with van der Waals surface area (Å²) in [4.78, 5) is 0.903. The average molecular weight is 749 g/mol. The van der Waals surface area contributed by atoms with Gasteiger partial charge in [-0.05, 0) is 81.3 Å². The van der Waals surface area contributed by atoms with Crippen molar-refractivity contribution in [2.45, 2.75) is 31.4 Å². The quantitative estimate of drug-likeness (QED) is 0.0619. The minimum absolute atomic E-state index is 0.0138. The first-order chi connectivity index (χ1) is 24.7. The predicted molar refractivity (Wildman–Crippen MR) is 195 cm³/mol. The van der Waals surface area contributed by atoms with Crippen LogP contribution in [0.15, 0.2) is 116 Å². The summed E-state index contributed by atoms with van der Waals surface area (Å²) in [5.74, 6) is 0. The van der Waals surface area contributed by atoms with Crippen LogP contribution in [0.25, 0.3) is 23.3 Å². The Morgan fingerprint density at radius 3 is 1.38 bits per heavy atom. The van der Waals surface area contributed by atoms with Crippen LogP contribution in [0.2, 0.25) is 2.82 Å². The molecular weight excluding hydrogens is 717 g/mol. The maximum absolute atomic E-state index is 13.6. The molecule has 0 aliphatic heterocycles. The summed E-state index contributed by atoms with van der Waals surface area (Å²) in [6, 6.07) is 20.2. The number of hydrogen-bond donors (Lipinski definition) is 6. The van der Waals surface area contributed by atoms with Crippen LogP contribution >= 0.6 is 23.5 Å². The SMILES string of the molecule is [H]/N=N/C1=Cc2ccccc2C(c2ccc(-c3ccc(C4(S(=O)(=O)O)c5ccccc5C=C(/N=N/[H])C4N)c(SC)c3)cc2SC)(S(=O)(=O)O)C1N. The van der Waals surface area contributed by atoms with E-state index in [1.54, 1.807) is 97.4 Å². The van der Waals surface area contributed by atoms with Gasteiger partial charge < -0.3 is 11.5 Å². The molecule has 0 saturated carbocycles. The third-order valence-corrected chi connectivity index (χ3v) is 14.0. The first kappa shape index (κ1) is 33.2. The lowest BCUT2D eigenvalue weighted by molar-refractivity contribution is 0.421. The van der Waals surface area contributed by atoms with Gasteiger partial charge in [-0.25, -0.2) is 11.0 Å². The topological polar surface area (TPSA) is 233 Å². The summed E-state index contributed by atoms with van der Waals surface area (Å²) in [5, 5.41) is 7.58. The van der Waals surface area contributed by atoms with Gasteiger partial charge in [0.05, 0.1) is 23.5 Å². The van der Waals surface area contributed by atoms with Gasteiger partial charge in [0, 0.05) is 9.79 Å². The lowest BCUT2D eigenvalue weighted by Crippen LogP contribution is -2.54. The molecule has 4 aromatic rings. The van der Waals surface area contributed by atoms with Gasteiger partial charge in [-0.2, -0.15) is 27.1 Å². The molecule has 0 bridgehead atoms. The van der Waals surface area contributed by atoms with Gasteiger partial charge in [-0.1, -0.05) is 72.8 Å². The molecular formula is C34H32N6O6S4. The number of nitrogens with zero attached hydrogens (tertiary/aromatic N) is 2. The van der Waals surface area contributed by atoms with Crippen LogP contribution in [0.4, 0.5) is 0 Å². The molecule has 258 valence electrons. The molecule has 0 radical (unpaired) electrons. The van der Waals surface area contributed by atoms with Crippen molar-refractivity contribution < 1.29 is 28.8 Å². The lowest BCUT2D eigenvalue weighted by Gasteiger charge is -2.41. The number of nitrogens with two attached hydrogens (primary N) is 2. The molecule has 16 heteroatoms. The normalized spacial score (nSPS) is 24.3. The number of nitrogens with one attached hydrogen (secondary N) is 2. The highest BCUT2D eigenvalue weighted by atomic mass is 32.2. The number of benzene rings is 4. The molecule has 0 saturated heterocycles. The van der Waals surface area contributed by atoms with E-state index in [1.165, 1.54) is 35.7 Å². The Bertz CT molecular complexity index is 2270. The highest BCUT2D eigenvalue weighted by molar-refractivity contribution is 7.99. The molecule has 0 aromatic heterocycles. The average Bonchev–Trinajstić information content (AvgIpc) is 3.11. The second-order valence-corrected chi connectivity index (χ2v) is 16.6. The van der Waals surface area contributed by atoms with Gasteiger partial charge >= 0.3 is 0 Å². The summed E-state index contributed by atoms with van der Waals surface area (Å²) in [6.45, 7) is 0. The van der Waals surface area contributed by atoms with Gasteiger partial charge in [-0.15, -0.1) is 23.5 Å². The molecule has 50 heavy (non-hydrogen) atoms. The van der Waals surface area contributed by atoms with Crippen LogP contribution < -0.4 is 11.5 Å². The van der Waals surface area contributed by atoms with Gasteiger partial charge in [0.1, 0.15) is 0 Å². The van der Waals surface area contributed by atoms with E-state index in [4.69, 9.17) is 14.3 Å². The Morgan fingerprint density at radius 1 is 0.660 bits per heavy atom. The molecule has 2 aliphatic rings. The van der Waals surface area contributed by atoms with E-state index in [1.807, 2.05) is 0 Å². The zero-order valence-electron chi connectivity index (χ0n) is 28.5. The second-order valence-electron chi connectivity index (χ2n) is 11.7. The fraction of sp³-hybridized carbons (Fsp3) is 0.176. The summed E-state index contributed by atoms with van der Waals surface area (Å²) in [5.41, 5.74) is 22.3. The maximum Gasteiger partial charge on any atom is 0.281 e. The number of fused-ring (bicyclic) bond motifs is 2. The van der Waals surface area contributed by atoms with Crippen LogP contribution in [0.3, 0.4) is 0 Å². The minimum Gasteiger partial charge on any atom is -0.321 e. The highest BCUT2D eigenvalue weighted by Crippen LogP contribution is 2.52. The van der Waals surface area contributed by atoms with Gasteiger partial charge in [0.25, 0.3) is 20.2 Å². The summed E-state index contributed by atoms with van der Waals surface area (Å²) < 4.78 is 86.8. The molecule has 4 aromatic carbocycles. The zero-order chi connectivity index (χ0) is 37.6. The van der Waals surface area contributed by atoms with Crippen molar-refractivity contribution in [3.8, 4) is 11.1 Å². The first-order valence-electron chi connectivity index (χ1n) is 15.8. The third-order valence-electron chi connectivity index (χ3n) is 9.42. The molecule has 0 spiro atoms. The van der Waals surface area contributed by atoms with Crippen LogP contribution in [0.5, 0.6) is 0 Å². The number of thioether (sulfide) groups is 2. The molecule has 0 amide bonds. The lowest BCUT2D eigenvalue weighted by atomic mass is 9.76. The number of hydrogen-bond acceptors (Lipinski definition) is 12. The van der Waals surface area contributed by atoms with E-state index in [9.17, 15) is 25.9 Å². The molecule has 12 nitrogen and oxygen atoms in total. The van der Waals surface area contributed by atoms with Crippen LogP contribution in [-0.4, -0.2) is 50.5 Å². The van der Waals surface area contributed by atoms with E-state index in [-0.39, 0.29) is 33.6 Å².